The minimum absolute atomic E-state index is 0.0641. The zero-order chi connectivity index (χ0) is 12.6. The predicted molar refractivity (Wildman–Crippen MR) is 65.2 cm³/mol. The van der Waals surface area contributed by atoms with Crippen molar-refractivity contribution in [2.45, 2.75) is 0 Å². The number of benzene rings is 1. The van der Waals surface area contributed by atoms with Gasteiger partial charge < -0.3 is 10.3 Å². The fourth-order valence-electron chi connectivity index (χ4n) is 1.44. The average molecular weight is 298 g/mol. The van der Waals surface area contributed by atoms with Crippen molar-refractivity contribution in [2.24, 2.45) is 7.05 Å². The smallest absolute Gasteiger partial charge is 0.229 e. The molecule has 4 nitrogen and oxygen atoms in total. The molecule has 2 rings (SSSR count). The molecular formula is C11H9BrFN3O. The molecule has 1 aromatic heterocycles. The van der Waals surface area contributed by atoms with Crippen LogP contribution in [0.25, 0.3) is 0 Å². The molecule has 0 aliphatic rings. The van der Waals surface area contributed by atoms with Crippen LogP contribution in [0.5, 0.6) is 0 Å². The van der Waals surface area contributed by atoms with Crippen molar-refractivity contribution in [1.29, 1.82) is 0 Å². The second kappa shape index (κ2) is 4.29. The maximum absolute atomic E-state index is 13.2. The van der Waals surface area contributed by atoms with Gasteiger partial charge in [-0.3, -0.25) is 4.79 Å². The summed E-state index contributed by atoms with van der Waals surface area (Å²) in [6, 6.07) is 2.47. The summed E-state index contributed by atoms with van der Waals surface area (Å²) in [4.78, 5) is 16.1. The third-order valence-electron chi connectivity index (χ3n) is 2.36. The molecule has 2 aromatic rings. The van der Waals surface area contributed by atoms with E-state index in [-0.39, 0.29) is 17.3 Å². The highest BCUT2D eigenvalue weighted by molar-refractivity contribution is 9.10. The number of nitrogens with zero attached hydrogens (tertiary/aromatic N) is 2. The number of aromatic nitrogens is 2. The van der Waals surface area contributed by atoms with Gasteiger partial charge in [0.05, 0.1) is 5.69 Å². The summed E-state index contributed by atoms with van der Waals surface area (Å²) in [6.07, 6.45) is 3.18. The van der Waals surface area contributed by atoms with E-state index in [9.17, 15) is 9.18 Å². The number of aryl methyl sites for hydroxylation is 1. The Balaban J connectivity index is 2.52. The maximum atomic E-state index is 13.2. The molecule has 0 unspecified atom stereocenters. The van der Waals surface area contributed by atoms with Crippen LogP contribution < -0.4 is 5.73 Å². The lowest BCUT2D eigenvalue weighted by molar-refractivity contribution is 0.102. The Morgan fingerprint density at radius 3 is 2.82 bits per heavy atom. The summed E-state index contributed by atoms with van der Waals surface area (Å²) in [7, 11) is 1.71. The van der Waals surface area contributed by atoms with E-state index in [4.69, 9.17) is 5.73 Å². The molecule has 0 amide bonds. The van der Waals surface area contributed by atoms with Gasteiger partial charge in [-0.25, -0.2) is 9.37 Å². The van der Waals surface area contributed by atoms with E-state index in [2.05, 4.69) is 20.9 Å². The lowest BCUT2D eigenvalue weighted by Gasteiger charge is -2.06. The van der Waals surface area contributed by atoms with Gasteiger partial charge in [0.15, 0.2) is 5.82 Å². The first-order chi connectivity index (χ1) is 8.00. The number of halogens is 2. The summed E-state index contributed by atoms with van der Waals surface area (Å²) in [6.45, 7) is 0. The van der Waals surface area contributed by atoms with Crippen molar-refractivity contribution in [3.05, 3.63) is 46.2 Å². The number of hydrogen-bond acceptors (Lipinski definition) is 3. The molecule has 1 heterocycles. The standard InChI is InChI=1S/C11H9BrFN3O/c1-16-3-2-15-11(16)10(17)6-4-9(14)8(13)5-7(6)12/h2-5H,14H2,1H3. The number of anilines is 1. The predicted octanol–water partition coefficient (Wildman–Crippen LogP) is 2.13. The van der Waals surface area contributed by atoms with Gasteiger partial charge in [0.25, 0.3) is 0 Å². The van der Waals surface area contributed by atoms with Crippen LogP contribution in [0.1, 0.15) is 16.2 Å². The summed E-state index contributed by atoms with van der Waals surface area (Å²) < 4.78 is 15.1. The molecule has 6 heteroatoms. The summed E-state index contributed by atoms with van der Waals surface area (Å²) in [5, 5.41) is 0. The number of rotatable bonds is 2. The van der Waals surface area contributed by atoms with Crippen molar-refractivity contribution in [3.8, 4) is 0 Å². The zero-order valence-electron chi connectivity index (χ0n) is 8.95. The van der Waals surface area contributed by atoms with E-state index >= 15 is 0 Å². The normalized spacial score (nSPS) is 10.5. The third-order valence-corrected chi connectivity index (χ3v) is 3.01. The molecule has 17 heavy (non-hydrogen) atoms. The molecule has 2 N–H and O–H groups in total. The van der Waals surface area contributed by atoms with Gasteiger partial charge in [0.2, 0.25) is 5.78 Å². The van der Waals surface area contributed by atoms with Gasteiger partial charge in [0.1, 0.15) is 5.82 Å². The first-order valence-corrected chi connectivity index (χ1v) is 5.56. The number of carbonyl (C=O) groups is 1. The number of ketones is 1. The van der Waals surface area contributed by atoms with E-state index in [1.165, 1.54) is 18.3 Å². The van der Waals surface area contributed by atoms with Crippen molar-refractivity contribution in [2.75, 3.05) is 5.73 Å². The molecular weight excluding hydrogens is 289 g/mol. The van der Waals surface area contributed by atoms with Crippen LogP contribution in [0.2, 0.25) is 0 Å². The highest BCUT2D eigenvalue weighted by Crippen LogP contribution is 2.24. The van der Waals surface area contributed by atoms with Crippen LogP contribution in [0.15, 0.2) is 29.0 Å². The minimum atomic E-state index is -0.562. The first-order valence-electron chi connectivity index (χ1n) is 4.77. The van der Waals surface area contributed by atoms with E-state index in [0.29, 0.717) is 10.0 Å². The first kappa shape index (κ1) is 11.8. The Bertz CT molecular complexity index is 594. The van der Waals surface area contributed by atoms with E-state index in [1.54, 1.807) is 17.8 Å². The molecule has 0 spiro atoms. The van der Waals surface area contributed by atoms with E-state index in [0.717, 1.165) is 0 Å². The van der Waals surface area contributed by atoms with Crippen molar-refractivity contribution in [1.82, 2.24) is 9.55 Å². The van der Waals surface area contributed by atoms with Gasteiger partial charge in [-0.15, -0.1) is 0 Å². The lowest BCUT2D eigenvalue weighted by atomic mass is 10.1. The Hall–Kier alpha value is -1.69. The molecule has 0 aliphatic heterocycles. The van der Waals surface area contributed by atoms with Gasteiger partial charge in [0, 0.05) is 29.5 Å². The molecule has 0 aliphatic carbocycles. The summed E-state index contributed by atoms with van der Waals surface area (Å²) >= 11 is 3.14. The van der Waals surface area contributed by atoms with Crippen molar-refractivity contribution in [3.63, 3.8) is 0 Å². The van der Waals surface area contributed by atoms with Gasteiger partial charge in [-0.05, 0) is 28.1 Å². The van der Waals surface area contributed by atoms with Crippen LogP contribution in [-0.2, 0) is 7.05 Å². The molecule has 88 valence electrons. The van der Waals surface area contributed by atoms with E-state index in [1.807, 2.05) is 0 Å². The number of nitrogen functional groups attached to an aromatic ring is 1. The third kappa shape index (κ3) is 2.08. The Morgan fingerprint density at radius 2 is 2.24 bits per heavy atom. The Morgan fingerprint density at radius 1 is 1.53 bits per heavy atom. The quantitative estimate of drug-likeness (QED) is 0.682. The highest BCUT2D eigenvalue weighted by atomic mass is 79.9. The summed E-state index contributed by atoms with van der Waals surface area (Å²) in [5.41, 5.74) is 5.67. The van der Waals surface area contributed by atoms with Crippen molar-refractivity contribution >= 4 is 27.4 Å². The number of carbonyl (C=O) groups excluding carboxylic acids is 1. The average Bonchev–Trinajstić information content (AvgIpc) is 2.69. The SMILES string of the molecule is Cn1ccnc1C(=O)c1cc(N)c(F)cc1Br. The van der Waals surface area contributed by atoms with Crippen LogP contribution >= 0.6 is 15.9 Å². The maximum Gasteiger partial charge on any atom is 0.229 e. The fraction of sp³-hybridized carbons (Fsp3) is 0.0909. The molecule has 0 atom stereocenters. The lowest BCUT2D eigenvalue weighted by Crippen LogP contribution is -2.10. The second-order valence-corrected chi connectivity index (χ2v) is 4.40. The minimum Gasteiger partial charge on any atom is -0.396 e. The topological polar surface area (TPSA) is 60.9 Å². The number of hydrogen-bond donors (Lipinski definition) is 1. The number of nitrogens with two attached hydrogens (primary N) is 1. The van der Waals surface area contributed by atoms with Gasteiger partial charge in [-0.1, -0.05) is 0 Å². The molecule has 0 saturated carbocycles. The van der Waals surface area contributed by atoms with Crippen LogP contribution in [0.3, 0.4) is 0 Å². The molecule has 0 radical (unpaired) electrons. The summed E-state index contributed by atoms with van der Waals surface area (Å²) in [5.74, 6) is -0.596. The van der Waals surface area contributed by atoms with Crippen molar-refractivity contribution < 1.29 is 9.18 Å². The molecule has 1 aromatic carbocycles. The zero-order valence-corrected chi connectivity index (χ0v) is 10.5. The van der Waals surface area contributed by atoms with Crippen LogP contribution in [0, 0.1) is 5.82 Å². The van der Waals surface area contributed by atoms with Crippen LogP contribution in [-0.4, -0.2) is 15.3 Å². The Kier molecular flexibility index (Phi) is 2.97. The number of imidazole rings is 1. The molecule has 0 fully saturated rings. The fourth-order valence-corrected chi connectivity index (χ4v) is 1.94. The largest absolute Gasteiger partial charge is 0.396 e. The van der Waals surface area contributed by atoms with E-state index < -0.39 is 5.82 Å². The van der Waals surface area contributed by atoms with Gasteiger partial charge >= 0.3 is 0 Å². The Labute approximate surface area is 105 Å². The highest BCUT2D eigenvalue weighted by Gasteiger charge is 2.18. The second-order valence-electron chi connectivity index (χ2n) is 3.54. The van der Waals surface area contributed by atoms with Crippen LogP contribution in [0.4, 0.5) is 10.1 Å². The monoisotopic (exact) mass is 297 g/mol. The van der Waals surface area contributed by atoms with Gasteiger partial charge in [-0.2, -0.15) is 0 Å². The molecule has 0 bridgehead atoms. The molecule has 0 saturated heterocycles.